The molecule has 0 spiro atoms. The highest BCUT2D eigenvalue weighted by atomic mass is 16.5. The molecule has 0 amide bonds. The molecule has 2 aromatic carbocycles. The van der Waals surface area contributed by atoms with Crippen molar-refractivity contribution in [3.05, 3.63) is 54.1 Å². The Morgan fingerprint density at radius 2 is 1.61 bits per heavy atom. The lowest BCUT2D eigenvalue weighted by Crippen LogP contribution is -2.08. The van der Waals surface area contributed by atoms with Gasteiger partial charge < -0.3 is 15.6 Å². The first-order valence-corrected chi connectivity index (χ1v) is 5.97. The van der Waals surface area contributed by atoms with Crippen molar-refractivity contribution < 1.29 is 9.84 Å². The summed E-state index contributed by atoms with van der Waals surface area (Å²) in [5.41, 5.74) is 8.27. The lowest BCUT2D eigenvalue weighted by molar-refractivity contribution is 0.128. The normalized spacial score (nSPS) is 10.5. The molecular weight excluding hydrogens is 226 g/mol. The number of phenols is 1. The highest BCUT2D eigenvalue weighted by Crippen LogP contribution is 2.31. The molecule has 0 aliphatic rings. The molecule has 0 aliphatic heterocycles. The number of benzene rings is 2. The van der Waals surface area contributed by atoms with E-state index in [4.69, 9.17) is 10.5 Å². The van der Waals surface area contributed by atoms with E-state index in [9.17, 15) is 5.11 Å². The monoisotopic (exact) mass is 243 g/mol. The van der Waals surface area contributed by atoms with Crippen LogP contribution < -0.4 is 5.73 Å². The Bertz CT molecular complexity index is 511. The average molecular weight is 243 g/mol. The van der Waals surface area contributed by atoms with Gasteiger partial charge in [0.05, 0.1) is 13.2 Å². The number of nitrogens with two attached hydrogens (primary N) is 1. The van der Waals surface area contributed by atoms with E-state index < -0.39 is 0 Å². The van der Waals surface area contributed by atoms with E-state index in [1.165, 1.54) is 0 Å². The van der Waals surface area contributed by atoms with Gasteiger partial charge in [-0.15, -0.1) is 0 Å². The second-order valence-electron chi connectivity index (χ2n) is 4.02. The smallest absolute Gasteiger partial charge is 0.123 e. The van der Waals surface area contributed by atoms with Crippen molar-refractivity contribution in [1.82, 2.24) is 0 Å². The van der Waals surface area contributed by atoms with Gasteiger partial charge in [0.15, 0.2) is 0 Å². The van der Waals surface area contributed by atoms with Crippen LogP contribution in [0.4, 0.5) is 0 Å². The molecule has 0 atom stereocenters. The molecule has 0 radical (unpaired) electrons. The van der Waals surface area contributed by atoms with Gasteiger partial charge in [0.1, 0.15) is 5.75 Å². The number of para-hydroxylation sites is 1. The number of rotatable bonds is 5. The number of hydrogen-bond acceptors (Lipinski definition) is 3. The van der Waals surface area contributed by atoms with Crippen LogP contribution >= 0.6 is 0 Å². The summed E-state index contributed by atoms with van der Waals surface area (Å²) in [7, 11) is 0. The molecule has 0 fully saturated rings. The van der Waals surface area contributed by atoms with E-state index in [-0.39, 0.29) is 5.75 Å². The highest BCUT2D eigenvalue weighted by Gasteiger charge is 2.07. The third-order valence-corrected chi connectivity index (χ3v) is 2.73. The Kier molecular flexibility index (Phi) is 4.34. The summed E-state index contributed by atoms with van der Waals surface area (Å²) in [5.74, 6) is 0.281. The van der Waals surface area contributed by atoms with Gasteiger partial charge in [0.25, 0.3) is 0 Å². The quantitative estimate of drug-likeness (QED) is 0.793. The Morgan fingerprint density at radius 1 is 0.944 bits per heavy atom. The molecule has 0 aliphatic carbocycles. The van der Waals surface area contributed by atoms with Gasteiger partial charge in [-0.1, -0.05) is 42.5 Å². The second kappa shape index (κ2) is 6.19. The summed E-state index contributed by atoms with van der Waals surface area (Å²) >= 11 is 0. The van der Waals surface area contributed by atoms with Crippen LogP contribution in [0, 0.1) is 0 Å². The van der Waals surface area contributed by atoms with Crippen molar-refractivity contribution in [3.8, 4) is 16.9 Å². The lowest BCUT2D eigenvalue weighted by Gasteiger charge is -2.11. The Labute approximate surface area is 107 Å². The van der Waals surface area contributed by atoms with Crippen molar-refractivity contribution in [3.63, 3.8) is 0 Å². The molecular formula is C15H17NO2. The molecule has 3 heteroatoms. The van der Waals surface area contributed by atoms with Crippen LogP contribution in [0.2, 0.25) is 0 Å². The van der Waals surface area contributed by atoms with Gasteiger partial charge in [-0.05, 0) is 17.2 Å². The predicted molar refractivity (Wildman–Crippen MR) is 72.3 cm³/mol. The molecule has 0 heterocycles. The largest absolute Gasteiger partial charge is 0.507 e. The van der Waals surface area contributed by atoms with Crippen LogP contribution in [0.5, 0.6) is 5.75 Å². The van der Waals surface area contributed by atoms with E-state index in [0.717, 1.165) is 16.7 Å². The van der Waals surface area contributed by atoms with Crippen molar-refractivity contribution in [2.75, 3.05) is 13.2 Å². The van der Waals surface area contributed by atoms with Gasteiger partial charge >= 0.3 is 0 Å². The highest BCUT2D eigenvalue weighted by molar-refractivity contribution is 5.72. The summed E-state index contributed by atoms with van der Waals surface area (Å²) in [5, 5.41) is 9.90. The molecule has 0 saturated carbocycles. The molecule has 0 saturated heterocycles. The Hall–Kier alpha value is -1.84. The zero-order valence-corrected chi connectivity index (χ0v) is 10.2. The number of aromatic hydroxyl groups is 1. The molecule has 94 valence electrons. The molecule has 0 unspecified atom stereocenters. The van der Waals surface area contributed by atoms with Crippen molar-refractivity contribution >= 4 is 0 Å². The maximum atomic E-state index is 9.90. The zero-order chi connectivity index (χ0) is 12.8. The van der Waals surface area contributed by atoms with Crippen LogP contribution in [0.25, 0.3) is 11.1 Å². The van der Waals surface area contributed by atoms with E-state index in [1.54, 1.807) is 6.07 Å². The average Bonchev–Trinajstić information content (AvgIpc) is 2.40. The summed E-state index contributed by atoms with van der Waals surface area (Å²) in [6, 6.07) is 15.2. The van der Waals surface area contributed by atoms with Gasteiger partial charge in [0.2, 0.25) is 0 Å². The fraction of sp³-hybridized carbons (Fsp3) is 0.200. The van der Waals surface area contributed by atoms with Gasteiger partial charge in [-0.2, -0.15) is 0 Å². The van der Waals surface area contributed by atoms with E-state index in [0.29, 0.717) is 19.8 Å². The predicted octanol–water partition coefficient (Wildman–Crippen LogP) is 2.53. The zero-order valence-electron chi connectivity index (χ0n) is 10.2. The SMILES string of the molecule is NCCOCc1ccccc1-c1ccccc1O. The second-order valence-corrected chi connectivity index (χ2v) is 4.02. The fourth-order valence-corrected chi connectivity index (χ4v) is 1.88. The van der Waals surface area contributed by atoms with Gasteiger partial charge in [-0.25, -0.2) is 0 Å². The number of hydrogen-bond donors (Lipinski definition) is 2. The molecule has 0 aromatic heterocycles. The van der Waals surface area contributed by atoms with E-state index in [1.807, 2.05) is 42.5 Å². The molecule has 0 bridgehead atoms. The first-order valence-electron chi connectivity index (χ1n) is 5.97. The third kappa shape index (κ3) is 2.88. The molecule has 18 heavy (non-hydrogen) atoms. The van der Waals surface area contributed by atoms with Crippen LogP contribution in [0.15, 0.2) is 48.5 Å². The first kappa shape index (κ1) is 12.6. The molecule has 3 nitrogen and oxygen atoms in total. The maximum Gasteiger partial charge on any atom is 0.123 e. The molecule has 3 N–H and O–H groups in total. The van der Waals surface area contributed by atoms with Crippen LogP contribution in [0.1, 0.15) is 5.56 Å². The minimum atomic E-state index is 0.281. The number of ether oxygens (including phenoxy) is 1. The summed E-state index contributed by atoms with van der Waals surface area (Å²) in [6.07, 6.45) is 0. The van der Waals surface area contributed by atoms with E-state index >= 15 is 0 Å². The third-order valence-electron chi connectivity index (χ3n) is 2.73. The van der Waals surface area contributed by atoms with Crippen molar-refractivity contribution in [1.29, 1.82) is 0 Å². The standard InChI is InChI=1S/C15H17NO2/c16-9-10-18-11-12-5-1-2-6-13(12)14-7-3-4-8-15(14)17/h1-8,17H,9-11,16H2. The minimum absolute atomic E-state index is 0.281. The molecule has 2 rings (SSSR count). The van der Waals surface area contributed by atoms with E-state index in [2.05, 4.69) is 0 Å². The van der Waals surface area contributed by atoms with Crippen molar-refractivity contribution in [2.45, 2.75) is 6.61 Å². The van der Waals surface area contributed by atoms with Crippen molar-refractivity contribution in [2.24, 2.45) is 5.73 Å². The Morgan fingerprint density at radius 3 is 2.33 bits per heavy atom. The van der Waals surface area contributed by atoms with Gasteiger partial charge in [0, 0.05) is 12.1 Å². The summed E-state index contributed by atoms with van der Waals surface area (Å²) in [6.45, 7) is 1.55. The maximum absolute atomic E-state index is 9.90. The lowest BCUT2D eigenvalue weighted by atomic mass is 9.99. The number of phenolic OH excluding ortho intramolecular Hbond substituents is 1. The van der Waals surface area contributed by atoms with Crippen LogP contribution in [0.3, 0.4) is 0 Å². The minimum Gasteiger partial charge on any atom is -0.507 e. The topological polar surface area (TPSA) is 55.5 Å². The van der Waals surface area contributed by atoms with Crippen LogP contribution in [-0.2, 0) is 11.3 Å². The fourth-order valence-electron chi connectivity index (χ4n) is 1.88. The van der Waals surface area contributed by atoms with Gasteiger partial charge in [-0.3, -0.25) is 0 Å². The Balaban J connectivity index is 2.30. The summed E-state index contributed by atoms with van der Waals surface area (Å²) in [4.78, 5) is 0. The first-order chi connectivity index (χ1) is 8.83. The molecule has 2 aromatic rings. The summed E-state index contributed by atoms with van der Waals surface area (Å²) < 4.78 is 5.46. The van der Waals surface area contributed by atoms with Crippen LogP contribution in [-0.4, -0.2) is 18.3 Å².